The topological polar surface area (TPSA) is 91.3 Å². The van der Waals surface area contributed by atoms with Gasteiger partial charge in [0.25, 0.3) is 0 Å². The van der Waals surface area contributed by atoms with Gasteiger partial charge in [-0.2, -0.15) is 0 Å². The molecule has 6 rings (SSSR count). The number of pyridine rings is 2. The zero-order valence-corrected chi connectivity index (χ0v) is 26.7. The van der Waals surface area contributed by atoms with E-state index in [1.54, 1.807) is 46.7 Å². The van der Waals surface area contributed by atoms with E-state index in [9.17, 15) is 9.59 Å². The van der Waals surface area contributed by atoms with Gasteiger partial charge in [0.15, 0.2) is 0 Å². The number of hydrogen-bond donors (Lipinski definition) is 0. The molecule has 228 valence electrons. The molecule has 2 amide bonds. The molecule has 2 aromatic rings. The second-order valence-electron chi connectivity index (χ2n) is 14.0. The van der Waals surface area contributed by atoms with Crippen molar-refractivity contribution in [1.82, 2.24) is 19.8 Å². The number of amides is 2. The fourth-order valence-electron chi connectivity index (χ4n) is 5.91. The summed E-state index contributed by atoms with van der Waals surface area (Å²) in [6.45, 7) is 18.0. The van der Waals surface area contributed by atoms with Crippen LogP contribution in [0.1, 0.15) is 41.5 Å². The van der Waals surface area contributed by atoms with Gasteiger partial charge in [-0.3, -0.25) is 9.97 Å². The van der Waals surface area contributed by atoms with E-state index in [2.05, 4.69) is 19.8 Å². The minimum absolute atomic E-state index is 0.204. The Morgan fingerprint density at radius 1 is 0.667 bits per heavy atom. The summed E-state index contributed by atoms with van der Waals surface area (Å²) in [4.78, 5) is 40.1. The summed E-state index contributed by atoms with van der Waals surface area (Å²) in [5.74, 6) is 0. The molecule has 12 heteroatoms. The van der Waals surface area contributed by atoms with E-state index >= 15 is 0 Å². The number of nitrogens with zero attached hydrogens (tertiary/aromatic N) is 6. The Kier molecular flexibility index (Phi) is 7.94. The Morgan fingerprint density at radius 2 is 1.00 bits per heavy atom. The van der Waals surface area contributed by atoms with Gasteiger partial charge < -0.3 is 29.1 Å². The van der Waals surface area contributed by atoms with Gasteiger partial charge in [-0.1, -0.05) is 23.2 Å². The standard InChI is InChI=1S/2C15H20ClN3O2/c2*1-14(2,3)21-13(20)19-9-15(10-19)7-18(8-15)12-6-17-5-4-11(12)16/h2*4-6H,7-10H2,1-3H3. The zero-order valence-electron chi connectivity index (χ0n) is 25.2. The molecule has 6 heterocycles. The number of ether oxygens (including phenoxy) is 2. The van der Waals surface area contributed by atoms with Crippen molar-refractivity contribution in [3.05, 3.63) is 47.0 Å². The zero-order chi connectivity index (χ0) is 30.5. The van der Waals surface area contributed by atoms with E-state index in [0.29, 0.717) is 0 Å². The largest absolute Gasteiger partial charge is 0.444 e. The van der Waals surface area contributed by atoms with Crippen molar-refractivity contribution in [3.63, 3.8) is 0 Å². The number of carbonyl (C=O) groups excluding carboxylic acids is 2. The third-order valence-electron chi connectivity index (χ3n) is 7.69. The summed E-state index contributed by atoms with van der Waals surface area (Å²) < 4.78 is 10.8. The summed E-state index contributed by atoms with van der Waals surface area (Å²) >= 11 is 12.3. The molecule has 0 radical (unpaired) electrons. The van der Waals surface area contributed by atoms with E-state index in [1.165, 1.54) is 0 Å². The third kappa shape index (κ3) is 6.64. The van der Waals surface area contributed by atoms with Gasteiger partial charge in [0.2, 0.25) is 0 Å². The van der Waals surface area contributed by atoms with Crippen molar-refractivity contribution in [2.75, 3.05) is 62.2 Å². The number of carbonyl (C=O) groups is 2. The predicted molar refractivity (Wildman–Crippen MR) is 163 cm³/mol. The summed E-state index contributed by atoms with van der Waals surface area (Å²) in [5, 5.41) is 1.45. The molecule has 4 saturated heterocycles. The predicted octanol–water partition coefficient (Wildman–Crippen LogP) is 5.58. The Morgan fingerprint density at radius 3 is 1.29 bits per heavy atom. The van der Waals surface area contributed by atoms with E-state index in [-0.39, 0.29) is 23.0 Å². The number of likely N-dealkylation sites (tertiary alicyclic amines) is 2. The molecular weight excluding hydrogens is 579 g/mol. The molecule has 0 N–H and O–H groups in total. The number of aromatic nitrogens is 2. The van der Waals surface area contributed by atoms with Crippen LogP contribution in [0, 0.1) is 10.8 Å². The highest BCUT2D eigenvalue weighted by molar-refractivity contribution is 6.33. The SMILES string of the molecule is CC(C)(C)OC(=O)N1CC2(C1)CN(c1cnccc1Cl)C2.CC(C)(C)OC(=O)N1CC2(C1)CN(c1cnccc1Cl)C2. The van der Waals surface area contributed by atoms with Crippen molar-refractivity contribution in [2.24, 2.45) is 10.8 Å². The van der Waals surface area contributed by atoms with Gasteiger partial charge in [0, 0.05) is 75.6 Å². The lowest BCUT2D eigenvalue weighted by Gasteiger charge is -2.60. The fraction of sp³-hybridized carbons (Fsp3) is 0.600. The van der Waals surface area contributed by atoms with E-state index in [0.717, 1.165) is 73.8 Å². The Labute approximate surface area is 257 Å². The smallest absolute Gasteiger partial charge is 0.410 e. The molecule has 42 heavy (non-hydrogen) atoms. The van der Waals surface area contributed by atoms with Crippen LogP contribution in [0.4, 0.5) is 21.0 Å². The summed E-state index contributed by atoms with van der Waals surface area (Å²) in [6, 6.07) is 3.60. The fourth-order valence-corrected chi connectivity index (χ4v) is 6.36. The average Bonchev–Trinajstić information content (AvgIpc) is 2.75. The number of rotatable bonds is 2. The minimum atomic E-state index is -0.436. The van der Waals surface area contributed by atoms with E-state index < -0.39 is 11.2 Å². The van der Waals surface area contributed by atoms with Gasteiger partial charge >= 0.3 is 12.2 Å². The van der Waals surface area contributed by atoms with Crippen LogP contribution in [0.2, 0.25) is 10.0 Å². The third-order valence-corrected chi connectivity index (χ3v) is 8.33. The van der Waals surface area contributed by atoms with Crippen molar-refractivity contribution in [3.8, 4) is 0 Å². The molecular formula is C30H40Cl2N6O4. The van der Waals surface area contributed by atoms with Crippen LogP contribution in [0.15, 0.2) is 36.9 Å². The second-order valence-corrected chi connectivity index (χ2v) is 14.9. The molecule has 2 aromatic heterocycles. The lowest BCUT2D eigenvalue weighted by atomic mass is 9.73. The Bertz CT molecular complexity index is 1210. The second kappa shape index (κ2) is 10.9. The number of hydrogen-bond acceptors (Lipinski definition) is 8. The van der Waals surface area contributed by atoms with Crippen LogP contribution in [0.25, 0.3) is 0 Å². The highest BCUT2D eigenvalue weighted by Crippen LogP contribution is 2.45. The number of anilines is 2. The maximum Gasteiger partial charge on any atom is 0.410 e. The van der Waals surface area contributed by atoms with Gasteiger partial charge in [0.1, 0.15) is 11.2 Å². The van der Waals surface area contributed by atoms with Crippen LogP contribution in [0.3, 0.4) is 0 Å². The van der Waals surface area contributed by atoms with E-state index in [1.807, 2.05) is 41.5 Å². The Hall–Kier alpha value is -2.98. The molecule has 10 nitrogen and oxygen atoms in total. The molecule has 4 aliphatic heterocycles. The van der Waals surface area contributed by atoms with Crippen LogP contribution >= 0.6 is 23.2 Å². The first-order valence-electron chi connectivity index (χ1n) is 14.2. The molecule has 0 aliphatic carbocycles. The molecule has 2 spiro atoms. The van der Waals surface area contributed by atoms with Gasteiger partial charge in [-0.05, 0) is 53.7 Å². The Balaban J connectivity index is 0.000000168. The quantitative estimate of drug-likeness (QED) is 0.430. The van der Waals surface area contributed by atoms with Crippen LogP contribution in [0.5, 0.6) is 0 Å². The summed E-state index contributed by atoms with van der Waals surface area (Å²) in [6.07, 6.45) is 6.53. The first-order chi connectivity index (χ1) is 19.6. The van der Waals surface area contributed by atoms with Crippen molar-refractivity contribution in [2.45, 2.75) is 52.7 Å². The normalized spacial score (nSPS) is 20.0. The first kappa shape index (κ1) is 30.5. The van der Waals surface area contributed by atoms with Gasteiger partial charge in [0.05, 0.1) is 33.8 Å². The molecule has 0 saturated carbocycles. The van der Waals surface area contributed by atoms with Crippen molar-refractivity contribution < 1.29 is 19.1 Å². The molecule has 4 fully saturated rings. The van der Waals surface area contributed by atoms with Crippen molar-refractivity contribution in [1.29, 1.82) is 0 Å². The molecule has 0 atom stereocenters. The lowest BCUT2D eigenvalue weighted by molar-refractivity contribution is -0.0456. The number of halogens is 2. The molecule has 4 aliphatic rings. The maximum absolute atomic E-state index is 11.9. The van der Waals surface area contributed by atoms with Crippen molar-refractivity contribution >= 4 is 46.8 Å². The molecule has 0 aromatic carbocycles. The maximum atomic E-state index is 11.9. The van der Waals surface area contributed by atoms with Gasteiger partial charge in [-0.25, -0.2) is 9.59 Å². The lowest BCUT2D eigenvalue weighted by Crippen LogP contribution is -2.73. The minimum Gasteiger partial charge on any atom is -0.444 e. The molecule has 0 bridgehead atoms. The van der Waals surface area contributed by atoms with Gasteiger partial charge in [-0.15, -0.1) is 0 Å². The summed E-state index contributed by atoms with van der Waals surface area (Å²) in [7, 11) is 0. The average molecular weight is 620 g/mol. The molecule has 0 unspecified atom stereocenters. The highest BCUT2D eigenvalue weighted by Gasteiger charge is 2.55. The summed E-state index contributed by atoms with van der Waals surface area (Å²) in [5.41, 5.74) is 1.48. The van der Waals surface area contributed by atoms with Crippen LogP contribution in [-0.2, 0) is 9.47 Å². The highest BCUT2D eigenvalue weighted by atomic mass is 35.5. The monoisotopic (exact) mass is 618 g/mol. The van der Waals surface area contributed by atoms with Crippen LogP contribution in [-0.4, -0.2) is 95.5 Å². The first-order valence-corrected chi connectivity index (χ1v) is 15.0. The van der Waals surface area contributed by atoms with E-state index in [4.69, 9.17) is 32.7 Å². The van der Waals surface area contributed by atoms with Crippen LogP contribution < -0.4 is 9.80 Å².